The predicted octanol–water partition coefficient (Wildman–Crippen LogP) is 3.58. The van der Waals surface area contributed by atoms with Crippen molar-refractivity contribution in [2.24, 2.45) is 0 Å². The maximum atomic E-state index is 13.1. The highest BCUT2D eigenvalue weighted by atomic mass is 16.5. The smallest absolute Gasteiger partial charge is 0.356 e. The van der Waals surface area contributed by atoms with E-state index in [4.69, 9.17) is 39.1 Å². The molecular weight excluding hydrogens is 745 g/mol. The first-order chi connectivity index (χ1) is 28.3. The molecule has 1 aliphatic heterocycles. The summed E-state index contributed by atoms with van der Waals surface area (Å²) in [6.07, 6.45) is 0.679. The highest BCUT2D eigenvalue weighted by molar-refractivity contribution is 5.94. The Bertz CT molecular complexity index is 1860. The standard InChI is InChI=1S/C43H54N6O9/c1-53-42(51)38-7-3-5-36(46-38)31-48-19-23-55-27-29-57-25-21-49(22-26-58-30-28-56-24-20-48)40(37-6-4-8-39(47-37)43(52)54-2)33-11-13-34(14-12-33)41(50)45-18-17-32-9-15-35(44)16-10-32/h3-16,40H,17-31,44H2,1-2H3,(H,45,50). The van der Waals surface area contributed by atoms with Crippen molar-refractivity contribution in [1.29, 1.82) is 0 Å². The lowest BCUT2D eigenvalue weighted by atomic mass is 9.99. The number of pyridine rings is 2. The highest BCUT2D eigenvalue weighted by Gasteiger charge is 2.25. The Labute approximate surface area is 339 Å². The lowest BCUT2D eigenvalue weighted by Gasteiger charge is -2.32. The van der Waals surface area contributed by atoms with E-state index in [9.17, 15) is 14.4 Å². The number of nitrogens with one attached hydrogen (secondary N) is 1. The van der Waals surface area contributed by atoms with E-state index in [0.29, 0.717) is 115 Å². The molecule has 0 bridgehead atoms. The summed E-state index contributed by atoms with van der Waals surface area (Å²) in [5.41, 5.74) is 10.8. The van der Waals surface area contributed by atoms with Crippen LogP contribution in [-0.2, 0) is 41.4 Å². The van der Waals surface area contributed by atoms with Crippen LogP contribution in [-0.4, -0.2) is 137 Å². The molecule has 1 aliphatic rings. The molecule has 1 amide bonds. The Morgan fingerprint density at radius 2 is 1.24 bits per heavy atom. The quantitative estimate of drug-likeness (QED) is 0.166. The van der Waals surface area contributed by atoms with Gasteiger partial charge in [0.1, 0.15) is 11.4 Å². The summed E-state index contributed by atoms with van der Waals surface area (Å²) >= 11 is 0. The fourth-order valence-corrected chi connectivity index (χ4v) is 6.36. The zero-order valence-electron chi connectivity index (χ0n) is 33.3. The second-order valence-electron chi connectivity index (χ2n) is 13.5. The summed E-state index contributed by atoms with van der Waals surface area (Å²) in [5, 5.41) is 3.00. The van der Waals surface area contributed by atoms with Gasteiger partial charge in [0, 0.05) is 50.5 Å². The van der Waals surface area contributed by atoms with Crippen molar-refractivity contribution >= 4 is 23.5 Å². The topological polar surface area (TPSA) is 177 Å². The van der Waals surface area contributed by atoms with Gasteiger partial charge in [-0.05, 0) is 66.1 Å². The van der Waals surface area contributed by atoms with Gasteiger partial charge in [0.25, 0.3) is 5.91 Å². The molecule has 1 unspecified atom stereocenters. The third-order valence-electron chi connectivity index (χ3n) is 9.46. The normalized spacial score (nSPS) is 16.3. The number of aromatic nitrogens is 2. The van der Waals surface area contributed by atoms with Gasteiger partial charge in [-0.1, -0.05) is 36.4 Å². The largest absolute Gasteiger partial charge is 0.464 e. The first kappa shape index (κ1) is 43.8. The van der Waals surface area contributed by atoms with E-state index >= 15 is 0 Å². The molecule has 1 saturated heterocycles. The fraction of sp³-hybridized carbons (Fsp3) is 0.419. The Balaban J connectivity index is 1.24. The van der Waals surface area contributed by atoms with Crippen molar-refractivity contribution in [2.75, 3.05) is 106 Å². The molecule has 0 aliphatic carbocycles. The van der Waals surface area contributed by atoms with Crippen LogP contribution >= 0.6 is 0 Å². The number of hydrogen-bond donors (Lipinski definition) is 2. The molecule has 58 heavy (non-hydrogen) atoms. The minimum absolute atomic E-state index is 0.178. The van der Waals surface area contributed by atoms with Crippen LogP contribution in [0.15, 0.2) is 84.9 Å². The van der Waals surface area contributed by atoms with Crippen LogP contribution in [0, 0.1) is 0 Å². The van der Waals surface area contributed by atoms with Gasteiger partial charge in [-0.2, -0.15) is 0 Å². The first-order valence-corrected chi connectivity index (χ1v) is 19.4. The van der Waals surface area contributed by atoms with Crippen LogP contribution in [0.2, 0.25) is 0 Å². The van der Waals surface area contributed by atoms with Crippen molar-refractivity contribution in [3.8, 4) is 0 Å². The van der Waals surface area contributed by atoms with E-state index in [0.717, 1.165) is 16.8 Å². The van der Waals surface area contributed by atoms with Crippen molar-refractivity contribution in [3.05, 3.63) is 124 Å². The number of esters is 2. The van der Waals surface area contributed by atoms with E-state index < -0.39 is 18.0 Å². The molecule has 1 atom stereocenters. The number of nitrogens with two attached hydrogens (primary N) is 1. The maximum Gasteiger partial charge on any atom is 0.356 e. The molecule has 2 aromatic carbocycles. The van der Waals surface area contributed by atoms with Crippen molar-refractivity contribution in [3.63, 3.8) is 0 Å². The molecule has 1 fully saturated rings. The summed E-state index contributed by atoms with van der Waals surface area (Å²) in [6.45, 7) is 6.56. The van der Waals surface area contributed by atoms with Gasteiger partial charge < -0.3 is 39.5 Å². The molecular formula is C43H54N6O9. The average molecular weight is 799 g/mol. The van der Waals surface area contributed by atoms with Crippen molar-refractivity contribution in [2.45, 2.75) is 19.0 Å². The molecule has 0 saturated carbocycles. The third kappa shape index (κ3) is 14.0. The second-order valence-corrected chi connectivity index (χ2v) is 13.5. The average Bonchev–Trinajstić information content (AvgIpc) is 3.25. The van der Waals surface area contributed by atoms with Gasteiger partial charge in [0.05, 0.1) is 84.5 Å². The Morgan fingerprint density at radius 1 is 0.690 bits per heavy atom. The van der Waals surface area contributed by atoms with E-state index in [1.54, 1.807) is 36.4 Å². The molecule has 4 aromatic rings. The molecule has 15 heteroatoms. The minimum Gasteiger partial charge on any atom is -0.464 e. The van der Waals surface area contributed by atoms with Crippen LogP contribution in [0.1, 0.15) is 59.9 Å². The number of anilines is 1. The lowest BCUT2D eigenvalue weighted by Crippen LogP contribution is -2.36. The third-order valence-corrected chi connectivity index (χ3v) is 9.46. The van der Waals surface area contributed by atoms with Gasteiger partial charge in [-0.15, -0.1) is 0 Å². The zero-order valence-corrected chi connectivity index (χ0v) is 33.3. The van der Waals surface area contributed by atoms with E-state index in [-0.39, 0.29) is 17.3 Å². The number of methoxy groups -OCH3 is 2. The van der Waals surface area contributed by atoms with Gasteiger partial charge in [-0.3, -0.25) is 14.6 Å². The van der Waals surface area contributed by atoms with E-state index in [2.05, 4.69) is 20.1 Å². The summed E-state index contributed by atoms with van der Waals surface area (Å²) < 4.78 is 33.8. The van der Waals surface area contributed by atoms with Gasteiger partial charge in [0.15, 0.2) is 0 Å². The highest BCUT2D eigenvalue weighted by Crippen LogP contribution is 2.28. The molecule has 5 rings (SSSR count). The number of nitrogen functional groups attached to an aromatic ring is 1. The zero-order chi connectivity index (χ0) is 41.0. The number of benzene rings is 2. The molecule has 0 radical (unpaired) electrons. The van der Waals surface area contributed by atoms with Crippen LogP contribution in [0.4, 0.5) is 5.69 Å². The molecule has 0 spiro atoms. The molecule has 3 heterocycles. The van der Waals surface area contributed by atoms with Gasteiger partial charge in [-0.25, -0.2) is 19.6 Å². The van der Waals surface area contributed by atoms with Crippen LogP contribution in [0.25, 0.3) is 0 Å². The predicted molar refractivity (Wildman–Crippen MR) is 216 cm³/mol. The summed E-state index contributed by atoms with van der Waals surface area (Å²) in [6, 6.07) is 25.2. The maximum absolute atomic E-state index is 13.1. The molecule has 3 N–H and O–H groups in total. The molecule has 15 nitrogen and oxygen atoms in total. The summed E-state index contributed by atoms with van der Waals surface area (Å²) in [4.78, 5) is 51.2. The number of nitrogens with zero attached hydrogens (tertiary/aromatic N) is 4. The minimum atomic E-state index is -0.537. The first-order valence-electron chi connectivity index (χ1n) is 19.4. The van der Waals surface area contributed by atoms with Crippen LogP contribution < -0.4 is 11.1 Å². The number of amides is 1. The number of rotatable bonds is 11. The number of hydrogen-bond acceptors (Lipinski definition) is 14. The van der Waals surface area contributed by atoms with Gasteiger partial charge >= 0.3 is 11.9 Å². The second kappa shape index (κ2) is 23.8. The number of carbonyl (C=O) groups excluding carboxylic acids is 3. The Kier molecular flexibility index (Phi) is 18.0. The van der Waals surface area contributed by atoms with Crippen molar-refractivity contribution < 1.29 is 42.8 Å². The van der Waals surface area contributed by atoms with Gasteiger partial charge in [0.2, 0.25) is 0 Å². The summed E-state index contributed by atoms with van der Waals surface area (Å²) in [7, 11) is 2.66. The van der Waals surface area contributed by atoms with Crippen LogP contribution in [0.3, 0.4) is 0 Å². The Hall–Kier alpha value is -5.29. The molecule has 2 aromatic heterocycles. The lowest BCUT2D eigenvalue weighted by molar-refractivity contribution is 0.00330. The van der Waals surface area contributed by atoms with E-state index in [1.165, 1.54) is 14.2 Å². The molecule has 310 valence electrons. The SMILES string of the molecule is COC(=O)c1cccc(CN2CCOCCOCCN(C(c3ccc(C(=O)NCCc4ccc(N)cc4)cc3)c3cccc(C(=O)OC)n3)CCOCCOCC2)n1. The van der Waals surface area contributed by atoms with Crippen LogP contribution in [0.5, 0.6) is 0 Å². The Morgan fingerprint density at radius 3 is 1.83 bits per heavy atom. The monoisotopic (exact) mass is 798 g/mol. The van der Waals surface area contributed by atoms with E-state index in [1.807, 2.05) is 48.5 Å². The van der Waals surface area contributed by atoms with Crippen molar-refractivity contribution in [1.82, 2.24) is 25.1 Å². The number of ether oxygens (including phenoxy) is 6. The number of carbonyl (C=O) groups is 3. The fourth-order valence-electron chi connectivity index (χ4n) is 6.36. The summed E-state index contributed by atoms with van der Waals surface area (Å²) in [5.74, 6) is -1.19.